The molecule has 1 aromatic heterocycles. The van der Waals surface area contributed by atoms with Crippen LogP contribution in [0.3, 0.4) is 0 Å². The highest BCUT2D eigenvalue weighted by molar-refractivity contribution is 6.05. The van der Waals surface area contributed by atoms with Crippen LogP contribution in [0.2, 0.25) is 0 Å². The average molecular weight is 571 g/mol. The summed E-state index contributed by atoms with van der Waals surface area (Å²) in [6, 6.07) is 11.9. The molecular weight excluding hydrogens is 539 g/mol. The van der Waals surface area contributed by atoms with E-state index in [1.54, 1.807) is 41.8 Å². The van der Waals surface area contributed by atoms with Crippen LogP contribution < -0.4 is 10.3 Å². The van der Waals surface area contributed by atoms with Gasteiger partial charge in [-0.25, -0.2) is 9.18 Å². The minimum absolute atomic E-state index is 0.0371. The van der Waals surface area contributed by atoms with Crippen molar-refractivity contribution in [1.82, 2.24) is 9.47 Å². The van der Waals surface area contributed by atoms with Gasteiger partial charge in [-0.15, -0.1) is 0 Å². The van der Waals surface area contributed by atoms with Gasteiger partial charge in [0.15, 0.2) is 0 Å². The van der Waals surface area contributed by atoms with E-state index < -0.39 is 29.0 Å². The number of benzene rings is 2. The van der Waals surface area contributed by atoms with Gasteiger partial charge in [-0.1, -0.05) is 23.8 Å². The predicted molar refractivity (Wildman–Crippen MR) is 155 cm³/mol. The Labute approximate surface area is 242 Å². The fourth-order valence-corrected chi connectivity index (χ4v) is 5.71. The van der Waals surface area contributed by atoms with E-state index in [4.69, 9.17) is 0 Å². The number of anilines is 1. The van der Waals surface area contributed by atoms with Gasteiger partial charge in [0.1, 0.15) is 11.4 Å². The van der Waals surface area contributed by atoms with Gasteiger partial charge in [-0.05, 0) is 62.8 Å². The Bertz CT molecular complexity index is 1740. The summed E-state index contributed by atoms with van der Waals surface area (Å²) in [6.45, 7) is 3.71. The molecule has 0 atom stereocenters. The number of pyridine rings is 1. The van der Waals surface area contributed by atoms with Crippen LogP contribution in [0.1, 0.15) is 71.3 Å². The van der Waals surface area contributed by atoms with Crippen LogP contribution in [0, 0.1) is 24.1 Å². The predicted octanol–water partition coefficient (Wildman–Crippen LogP) is 4.98. The molecule has 2 aromatic carbocycles. The fourth-order valence-electron chi connectivity index (χ4n) is 5.71. The first kappa shape index (κ1) is 28.7. The summed E-state index contributed by atoms with van der Waals surface area (Å²) < 4.78 is 17.2. The van der Waals surface area contributed by atoms with Gasteiger partial charge >= 0.3 is 5.97 Å². The van der Waals surface area contributed by atoms with Crippen LogP contribution >= 0.6 is 0 Å². The van der Waals surface area contributed by atoms with E-state index in [0.717, 1.165) is 41.4 Å². The summed E-state index contributed by atoms with van der Waals surface area (Å²) in [5.41, 5.74) is 1.98. The zero-order valence-corrected chi connectivity index (χ0v) is 23.5. The molecule has 2 fully saturated rings. The van der Waals surface area contributed by atoms with E-state index >= 15 is 4.39 Å². The maximum atomic E-state index is 15.4. The fraction of sp³-hybridized carbons (Fsp3) is 0.344. The Kier molecular flexibility index (Phi) is 7.94. The van der Waals surface area contributed by atoms with E-state index in [9.17, 15) is 29.5 Å². The SMILES string of the molecule is CC(=O)N(CC(C#N)=C1CCN(c2cc3c(cc2F)c(=O)c(C(=O)O)cn3C2CCC2)CC1)C(=O)c1ccccc1C. The highest BCUT2D eigenvalue weighted by Crippen LogP contribution is 2.36. The number of carbonyl (C=O) groups excluding carboxylic acids is 2. The monoisotopic (exact) mass is 570 g/mol. The molecule has 2 aliphatic rings. The molecular formula is C32H31FN4O5. The highest BCUT2D eigenvalue weighted by Gasteiger charge is 2.28. The summed E-state index contributed by atoms with van der Waals surface area (Å²) in [7, 11) is 0. The van der Waals surface area contributed by atoms with Gasteiger partial charge in [0.25, 0.3) is 5.91 Å². The number of hydrogen-bond acceptors (Lipinski definition) is 6. The van der Waals surface area contributed by atoms with Crippen LogP contribution in [0.4, 0.5) is 10.1 Å². The van der Waals surface area contributed by atoms with Crippen LogP contribution in [-0.2, 0) is 4.79 Å². The number of halogens is 1. The van der Waals surface area contributed by atoms with Crippen molar-refractivity contribution in [3.63, 3.8) is 0 Å². The number of nitrogens with zero attached hydrogens (tertiary/aromatic N) is 4. The highest BCUT2D eigenvalue weighted by atomic mass is 19.1. The summed E-state index contributed by atoms with van der Waals surface area (Å²) in [4.78, 5) is 53.1. The molecule has 5 rings (SSSR count). The van der Waals surface area contributed by atoms with Crippen molar-refractivity contribution in [2.24, 2.45) is 0 Å². The lowest BCUT2D eigenvalue weighted by Gasteiger charge is -2.33. The number of nitriles is 1. The van der Waals surface area contributed by atoms with Gasteiger partial charge < -0.3 is 14.6 Å². The van der Waals surface area contributed by atoms with Gasteiger partial charge in [-0.3, -0.25) is 19.3 Å². The third-order valence-corrected chi connectivity index (χ3v) is 8.39. The number of carboxylic acid groups (broad SMARTS) is 1. The third kappa shape index (κ3) is 5.30. The van der Waals surface area contributed by atoms with E-state index in [1.807, 2.05) is 4.90 Å². The summed E-state index contributed by atoms with van der Waals surface area (Å²) >= 11 is 0. The van der Waals surface area contributed by atoms with Crippen LogP contribution in [0.5, 0.6) is 0 Å². The van der Waals surface area contributed by atoms with Gasteiger partial charge in [0.05, 0.1) is 23.8 Å². The maximum absolute atomic E-state index is 15.4. The number of aryl methyl sites for hydroxylation is 1. The van der Waals surface area contributed by atoms with Crippen LogP contribution in [-0.4, -0.2) is 52.0 Å². The van der Waals surface area contributed by atoms with E-state index in [0.29, 0.717) is 48.3 Å². The molecule has 1 N–H and O–H groups in total. The van der Waals surface area contributed by atoms with E-state index in [-0.39, 0.29) is 23.5 Å². The summed E-state index contributed by atoms with van der Waals surface area (Å²) in [5, 5.41) is 19.5. The molecule has 0 radical (unpaired) electrons. The maximum Gasteiger partial charge on any atom is 0.341 e. The minimum atomic E-state index is -1.34. The summed E-state index contributed by atoms with van der Waals surface area (Å²) in [5.74, 6) is -2.89. The Balaban J connectivity index is 1.41. The van der Waals surface area contributed by atoms with Crippen LogP contribution in [0.25, 0.3) is 10.9 Å². The van der Waals surface area contributed by atoms with Crippen LogP contribution in [0.15, 0.2) is 58.5 Å². The molecule has 0 unspecified atom stereocenters. The summed E-state index contributed by atoms with van der Waals surface area (Å²) in [6.07, 6.45) is 4.92. The topological polar surface area (TPSA) is 124 Å². The number of aromatic nitrogens is 1. The molecule has 1 saturated carbocycles. The molecule has 1 saturated heterocycles. The van der Waals surface area contributed by atoms with Crippen molar-refractivity contribution >= 4 is 34.4 Å². The molecule has 0 bridgehead atoms. The van der Waals surface area contributed by atoms with Crippen molar-refractivity contribution in [3.8, 4) is 6.07 Å². The van der Waals surface area contributed by atoms with Gasteiger partial charge in [0, 0.05) is 48.8 Å². The Morgan fingerprint density at radius 1 is 1.12 bits per heavy atom. The number of carboxylic acids is 1. The number of amides is 2. The molecule has 0 spiro atoms. The first-order valence-electron chi connectivity index (χ1n) is 14.0. The normalized spacial score (nSPS) is 15.2. The second kappa shape index (κ2) is 11.6. The van der Waals surface area contributed by atoms with E-state index in [1.165, 1.54) is 13.1 Å². The van der Waals surface area contributed by atoms with Crippen molar-refractivity contribution in [2.45, 2.75) is 52.0 Å². The number of hydrogen-bond donors (Lipinski definition) is 1. The van der Waals surface area contributed by atoms with Crippen molar-refractivity contribution in [2.75, 3.05) is 24.5 Å². The molecule has 3 aromatic rings. The number of carbonyl (C=O) groups is 3. The van der Waals surface area contributed by atoms with Crippen molar-refractivity contribution < 1.29 is 23.9 Å². The molecule has 42 heavy (non-hydrogen) atoms. The molecule has 1 aliphatic carbocycles. The number of fused-ring (bicyclic) bond motifs is 1. The average Bonchev–Trinajstić information content (AvgIpc) is 2.94. The van der Waals surface area contributed by atoms with Gasteiger partial charge in [0.2, 0.25) is 11.3 Å². The largest absolute Gasteiger partial charge is 0.477 e. The Hall–Kier alpha value is -4.78. The number of aromatic carboxylic acids is 1. The Morgan fingerprint density at radius 3 is 2.38 bits per heavy atom. The quantitative estimate of drug-likeness (QED) is 0.415. The minimum Gasteiger partial charge on any atom is -0.477 e. The standard InChI is InChI=1S/C32H31FN4O5/c1-19-6-3-4-9-24(19)31(40)36(20(2)38)17-22(16-34)21-10-12-35(13-11-21)29-15-28-25(14-27(29)33)30(39)26(32(41)42)18-37(28)23-7-5-8-23/h3-4,6,9,14-15,18,23H,5,7-8,10-13,17H2,1-2H3,(H,41,42). The number of imide groups is 1. The number of rotatable bonds is 6. The Morgan fingerprint density at radius 2 is 1.81 bits per heavy atom. The smallest absolute Gasteiger partial charge is 0.341 e. The lowest BCUT2D eigenvalue weighted by atomic mass is 9.92. The van der Waals surface area contributed by atoms with E-state index in [2.05, 4.69) is 6.07 Å². The molecule has 2 amide bonds. The zero-order valence-electron chi connectivity index (χ0n) is 23.5. The second-order valence-corrected chi connectivity index (χ2v) is 10.9. The second-order valence-electron chi connectivity index (χ2n) is 10.9. The zero-order chi connectivity index (χ0) is 30.1. The third-order valence-electron chi connectivity index (χ3n) is 8.39. The van der Waals surface area contributed by atoms with Crippen molar-refractivity contribution in [1.29, 1.82) is 5.26 Å². The van der Waals surface area contributed by atoms with Gasteiger partial charge in [-0.2, -0.15) is 5.26 Å². The molecule has 2 heterocycles. The number of piperidine rings is 1. The molecule has 9 nitrogen and oxygen atoms in total. The molecule has 216 valence electrons. The molecule has 10 heteroatoms. The lowest BCUT2D eigenvalue weighted by molar-refractivity contribution is -0.125. The lowest BCUT2D eigenvalue weighted by Crippen LogP contribution is -2.38. The molecule has 1 aliphatic heterocycles. The first-order valence-corrected chi connectivity index (χ1v) is 14.0. The van der Waals surface area contributed by atoms with Crippen molar-refractivity contribution in [3.05, 3.63) is 86.5 Å². The first-order chi connectivity index (χ1) is 20.1.